The van der Waals surface area contributed by atoms with E-state index >= 15 is 0 Å². The van der Waals surface area contributed by atoms with Crippen molar-refractivity contribution < 1.29 is 0 Å². The summed E-state index contributed by atoms with van der Waals surface area (Å²) in [5, 5.41) is 13.0. The van der Waals surface area contributed by atoms with Crippen molar-refractivity contribution in [2.45, 2.75) is 229 Å². The van der Waals surface area contributed by atoms with Crippen LogP contribution in [0.15, 0.2) is 268 Å². The predicted octanol–water partition coefficient (Wildman–Crippen LogP) is 26.9. The summed E-state index contributed by atoms with van der Waals surface area (Å²) in [5.41, 5.74) is 12.5. The molecule has 2 aliphatic rings. The molecule has 12 aromatic heterocycles. The third-order valence-electron chi connectivity index (χ3n) is 10.9. The molecule has 0 saturated heterocycles. The first-order chi connectivity index (χ1) is 53.2. The standard InChI is InChI=1S/3C8H6N2.C8H9N.C7H6N2.3C6H5N3.8C5H12.CH4/c1-3-7-8(9-5-1)4-2-6-10-7;1-2-4-8-7(3-1)5-9-6-10-8;1-2-4-8-7(3-1)9-5-6-10-8;1-2-4-8-6-9-5-7(8)3-1;1-2-5-9-6-4-8-7(9)3-1;1-3-7-6-2-4-8-9(6)5-1;1-2-6-7-4-5-9(6)8-3-1;1-2-4-9-6(3-1)7-5-8-9;8*1-5(2,3)4;/h3*1-6H;1-5,7-8H,6H2;1-6H;3*1-5H;8*1-4H3;1H4. The number of aliphatic imine (C=N–C) groups is 1. The third kappa shape index (κ3) is 65.7. The molecular formula is C98H148N18. The van der Waals surface area contributed by atoms with Gasteiger partial charge in [0.1, 0.15) is 18.3 Å². The van der Waals surface area contributed by atoms with Crippen molar-refractivity contribution in [2.75, 3.05) is 6.54 Å². The molecule has 630 valence electrons. The number of pyridine rings is 4. The summed E-state index contributed by atoms with van der Waals surface area (Å²) in [6.45, 7) is 71.0. The van der Waals surface area contributed by atoms with Crippen LogP contribution in [0.3, 0.4) is 0 Å². The van der Waals surface area contributed by atoms with Crippen LogP contribution in [0, 0.1) is 55.2 Å². The number of allylic oxidation sites excluding steroid dienone is 3. The average molecular weight is 1580 g/mol. The van der Waals surface area contributed by atoms with Crippen LogP contribution in [0.2, 0.25) is 0 Å². The SMILES string of the molecule is C.C1=CC2C=NCC2C=C1.CC(C)(C)C.CC(C)(C)C.CC(C)(C)C.CC(C)(C)C.CC(C)(C)C.CC(C)(C)C.CC(C)(C)C.CC(C)(C)C.c1ccc2nccnc2c1.c1ccc2ncncc2c1.c1ccn2ccnc2c1.c1ccn2ncnc2c1.c1cnc2cccnc2c1.c1cnc2ccnn2c1.c1cnn2ccnc2c1. The number of benzene rings is 2. The molecule has 2 aromatic carbocycles. The highest BCUT2D eigenvalue weighted by atomic mass is 15.3. The molecule has 0 radical (unpaired) electrons. The van der Waals surface area contributed by atoms with E-state index in [1.54, 1.807) is 75.6 Å². The van der Waals surface area contributed by atoms with Gasteiger partial charge in [-0.2, -0.15) is 15.3 Å². The number of hydrogen-bond donors (Lipinski definition) is 0. The summed E-state index contributed by atoms with van der Waals surface area (Å²) >= 11 is 0. The van der Waals surface area contributed by atoms with Crippen molar-refractivity contribution >= 4 is 61.8 Å². The molecule has 14 aromatic rings. The number of para-hydroxylation sites is 3. The molecule has 2 atom stereocenters. The highest BCUT2D eigenvalue weighted by molar-refractivity contribution is 5.77. The van der Waals surface area contributed by atoms with Gasteiger partial charge in [-0.25, -0.2) is 43.5 Å². The van der Waals surface area contributed by atoms with Crippen LogP contribution in [0.4, 0.5) is 0 Å². The number of aromatic nitrogens is 17. The largest absolute Gasteiger partial charge is 0.307 e. The Morgan fingerprint density at radius 1 is 0.276 bits per heavy atom. The fourth-order valence-corrected chi connectivity index (χ4v) is 7.21. The lowest BCUT2D eigenvalue weighted by Crippen LogP contribution is -2.09. The average Bonchev–Trinajstić information content (AvgIpc) is 1.84. The van der Waals surface area contributed by atoms with Gasteiger partial charge in [-0.05, 0) is 128 Å². The number of nitrogens with zero attached hydrogens (tertiary/aromatic N) is 18. The molecule has 0 saturated carbocycles. The van der Waals surface area contributed by atoms with Crippen molar-refractivity contribution in [1.82, 2.24) is 83.1 Å². The summed E-state index contributed by atoms with van der Waals surface area (Å²) in [5.74, 6) is 1.28. The molecule has 13 heterocycles. The van der Waals surface area contributed by atoms with E-state index in [1.165, 1.54) is 6.33 Å². The maximum Gasteiger partial charge on any atom is 0.155 e. The van der Waals surface area contributed by atoms with E-state index in [0.717, 1.165) is 62.1 Å². The van der Waals surface area contributed by atoms with Gasteiger partial charge in [-0.1, -0.05) is 296 Å². The van der Waals surface area contributed by atoms with Crippen LogP contribution in [0.5, 0.6) is 0 Å². The van der Waals surface area contributed by atoms with Crippen LogP contribution in [0.1, 0.15) is 229 Å². The Balaban J connectivity index is 0.00000123. The van der Waals surface area contributed by atoms with E-state index in [2.05, 4.69) is 316 Å². The lowest BCUT2D eigenvalue weighted by molar-refractivity contribution is 0.469. The fraction of sp³-hybridized carbons (Fsp3) is 0.449. The number of imidazole rings is 2. The maximum absolute atomic E-state index is 4.20. The number of fused-ring (bicyclic) bond motifs is 8. The summed E-state index contributed by atoms with van der Waals surface area (Å²) in [6, 6.07) is 42.5. The number of hydrogen-bond acceptors (Lipinski definition) is 14. The lowest BCUT2D eigenvalue weighted by atomic mass is 9.92. The van der Waals surface area contributed by atoms with Gasteiger partial charge >= 0.3 is 0 Å². The zero-order valence-corrected chi connectivity index (χ0v) is 76.3. The Morgan fingerprint density at radius 2 is 0.638 bits per heavy atom. The second-order valence-corrected chi connectivity index (χ2v) is 39.9. The molecule has 1 aliphatic carbocycles. The Hall–Kier alpha value is -10.6. The van der Waals surface area contributed by atoms with Crippen molar-refractivity contribution in [3.05, 3.63) is 263 Å². The zero-order valence-electron chi connectivity index (χ0n) is 76.3. The van der Waals surface area contributed by atoms with Crippen molar-refractivity contribution in [2.24, 2.45) is 60.1 Å². The normalized spacial score (nSPS) is 12.8. The van der Waals surface area contributed by atoms with E-state index in [0.29, 0.717) is 55.2 Å². The molecule has 0 spiro atoms. The van der Waals surface area contributed by atoms with Gasteiger partial charge in [0.05, 0.1) is 33.8 Å². The molecule has 18 nitrogen and oxygen atoms in total. The molecule has 0 fully saturated rings. The molecule has 116 heavy (non-hydrogen) atoms. The zero-order chi connectivity index (χ0) is 87.0. The van der Waals surface area contributed by atoms with Crippen LogP contribution in [-0.2, 0) is 0 Å². The van der Waals surface area contributed by atoms with Crippen LogP contribution >= 0.6 is 0 Å². The quantitative estimate of drug-likeness (QED) is 0.139. The summed E-state index contributed by atoms with van der Waals surface area (Å²) in [6.07, 6.45) is 40.7. The van der Waals surface area contributed by atoms with Gasteiger partial charge in [0, 0.05) is 123 Å². The molecule has 0 amide bonds. The van der Waals surface area contributed by atoms with E-state index in [9.17, 15) is 0 Å². The van der Waals surface area contributed by atoms with Gasteiger partial charge in [0.15, 0.2) is 16.9 Å². The molecule has 2 unspecified atom stereocenters. The summed E-state index contributed by atoms with van der Waals surface area (Å²) < 4.78 is 7.14. The topological polar surface area (TPSA) is 198 Å². The van der Waals surface area contributed by atoms with E-state index in [1.807, 2.05) is 181 Å². The van der Waals surface area contributed by atoms with E-state index < -0.39 is 0 Å². The highest BCUT2D eigenvalue weighted by Crippen LogP contribution is 2.22. The van der Waals surface area contributed by atoms with Gasteiger partial charge in [0.2, 0.25) is 0 Å². The minimum Gasteiger partial charge on any atom is -0.307 e. The first-order valence-corrected chi connectivity index (χ1v) is 39.7. The first-order valence-electron chi connectivity index (χ1n) is 39.7. The van der Waals surface area contributed by atoms with Gasteiger partial charge in [-0.3, -0.25) is 24.9 Å². The Morgan fingerprint density at radius 3 is 1.12 bits per heavy atom. The Kier molecular flexibility index (Phi) is 48.6. The van der Waals surface area contributed by atoms with Crippen molar-refractivity contribution in [3.8, 4) is 0 Å². The second-order valence-electron chi connectivity index (χ2n) is 39.9. The minimum absolute atomic E-state index is 0. The first kappa shape index (κ1) is 105. The second kappa shape index (κ2) is 53.5. The monoisotopic (exact) mass is 1580 g/mol. The van der Waals surface area contributed by atoms with Crippen LogP contribution in [-0.4, -0.2) is 95.8 Å². The van der Waals surface area contributed by atoms with Crippen LogP contribution < -0.4 is 0 Å². The van der Waals surface area contributed by atoms with Crippen LogP contribution in [0.25, 0.3) is 55.6 Å². The summed E-state index contributed by atoms with van der Waals surface area (Å²) in [4.78, 5) is 44.8. The van der Waals surface area contributed by atoms with Gasteiger partial charge < -0.3 is 4.40 Å². The summed E-state index contributed by atoms with van der Waals surface area (Å²) in [7, 11) is 0. The van der Waals surface area contributed by atoms with Gasteiger partial charge in [-0.15, -0.1) is 0 Å². The fourth-order valence-electron chi connectivity index (χ4n) is 7.21. The van der Waals surface area contributed by atoms with Crippen molar-refractivity contribution in [3.63, 3.8) is 0 Å². The van der Waals surface area contributed by atoms with E-state index in [-0.39, 0.29) is 7.43 Å². The molecule has 1 aliphatic heterocycles. The molecular weight excluding hydrogens is 1430 g/mol. The Bertz CT molecular complexity index is 3940. The predicted molar refractivity (Wildman–Crippen MR) is 499 cm³/mol. The molecule has 16 rings (SSSR count). The maximum atomic E-state index is 4.20. The minimum atomic E-state index is 0. The molecule has 18 heteroatoms. The molecule has 0 N–H and O–H groups in total. The van der Waals surface area contributed by atoms with Crippen molar-refractivity contribution in [1.29, 1.82) is 0 Å². The van der Waals surface area contributed by atoms with Gasteiger partial charge in [0.25, 0.3) is 0 Å². The third-order valence-corrected chi connectivity index (χ3v) is 10.9. The smallest absolute Gasteiger partial charge is 0.155 e. The lowest BCUT2D eigenvalue weighted by Gasteiger charge is -2.11. The van der Waals surface area contributed by atoms with E-state index in [4.69, 9.17) is 0 Å². The number of rotatable bonds is 0. The molecule has 0 bridgehead atoms. The highest BCUT2D eigenvalue weighted by Gasteiger charge is 2.20. The Labute approximate surface area is 700 Å².